The second-order valence-electron chi connectivity index (χ2n) is 5.68. The molecule has 0 radical (unpaired) electrons. The third-order valence-electron chi connectivity index (χ3n) is 4.11. The zero-order valence-electron chi connectivity index (χ0n) is 12.9. The van der Waals surface area contributed by atoms with Crippen molar-refractivity contribution >= 4 is 21.8 Å². The fraction of sp³-hybridized carbons (Fsp3) is 0.600. The highest BCUT2D eigenvalue weighted by Gasteiger charge is 2.27. The van der Waals surface area contributed by atoms with E-state index >= 15 is 0 Å². The van der Waals surface area contributed by atoms with Crippen LogP contribution in [0.25, 0.3) is 0 Å². The molecule has 0 saturated carbocycles. The molecule has 2 rings (SSSR count). The zero-order chi connectivity index (χ0) is 15.5. The molecule has 1 fully saturated rings. The Bertz CT molecular complexity index is 567. The monoisotopic (exact) mass is 328 g/mol. The lowest BCUT2D eigenvalue weighted by molar-refractivity contribution is 0.202. The van der Waals surface area contributed by atoms with E-state index in [9.17, 15) is 8.42 Å². The molecule has 0 aliphatic carbocycles. The summed E-state index contributed by atoms with van der Waals surface area (Å²) in [5, 5.41) is 0. The van der Waals surface area contributed by atoms with Crippen LogP contribution >= 0.6 is 11.8 Å². The molecule has 1 aromatic rings. The van der Waals surface area contributed by atoms with E-state index in [0.717, 1.165) is 30.8 Å². The standard InChI is InChI=1S/C15H24N2O2S2/c1-16-10-8-13(9-11-16)12-17(2)21(18,19)15-7-5-4-6-14(15)20-3/h4-7,13H,8-12H2,1-3H3. The van der Waals surface area contributed by atoms with Gasteiger partial charge in [0.2, 0.25) is 10.0 Å². The van der Waals surface area contributed by atoms with Crippen LogP contribution in [0.2, 0.25) is 0 Å². The van der Waals surface area contributed by atoms with Crippen LogP contribution < -0.4 is 0 Å². The fourth-order valence-corrected chi connectivity index (χ4v) is 5.07. The smallest absolute Gasteiger partial charge is 0.243 e. The Labute approximate surface area is 132 Å². The number of thioether (sulfide) groups is 1. The van der Waals surface area contributed by atoms with Gasteiger partial charge in [-0.25, -0.2) is 12.7 Å². The number of benzene rings is 1. The zero-order valence-corrected chi connectivity index (χ0v) is 14.6. The van der Waals surface area contributed by atoms with Crippen molar-refractivity contribution in [3.8, 4) is 0 Å². The van der Waals surface area contributed by atoms with Crippen molar-refractivity contribution in [1.29, 1.82) is 0 Å². The van der Waals surface area contributed by atoms with Crippen molar-refractivity contribution in [1.82, 2.24) is 9.21 Å². The second-order valence-corrected chi connectivity index (χ2v) is 8.54. The van der Waals surface area contributed by atoms with Crippen LogP contribution in [0.5, 0.6) is 0 Å². The lowest BCUT2D eigenvalue weighted by Gasteiger charge is -2.31. The summed E-state index contributed by atoms with van der Waals surface area (Å²) in [7, 11) is 0.420. The minimum absolute atomic E-state index is 0.424. The molecule has 4 nitrogen and oxygen atoms in total. The van der Waals surface area contributed by atoms with Crippen LogP contribution in [-0.2, 0) is 10.0 Å². The fourth-order valence-electron chi connectivity index (χ4n) is 2.71. The SMILES string of the molecule is CSc1ccccc1S(=O)(=O)N(C)CC1CCN(C)CC1. The Kier molecular flexibility index (Phi) is 5.71. The molecule has 1 aromatic carbocycles. The second kappa shape index (κ2) is 7.13. The third kappa shape index (κ3) is 4.00. The van der Waals surface area contributed by atoms with E-state index in [2.05, 4.69) is 11.9 Å². The van der Waals surface area contributed by atoms with Crippen LogP contribution in [0.4, 0.5) is 0 Å². The molecule has 6 heteroatoms. The summed E-state index contributed by atoms with van der Waals surface area (Å²) in [6.45, 7) is 2.72. The van der Waals surface area contributed by atoms with Crippen molar-refractivity contribution < 1.29 is 8.42 Å². The first-order valence-corrected chi connectivity index (χ1v) is 9.89. The topological polar surface area (TPSA) is 40.6 Å². The Balaban J connectivity index is 2.11. The van der Waals surface area contributed by atoms with Gasteiger partial charge >= 0.3 is 0 Å². The summed E-state index contributed by atoms with van der Waals surface area (Å²) in [6, 6.07) is 7.23. The van der Waals surface area contributed by atoms with Gasteiger partial charge in [-0.1, -0.05) is 12.1 Å². The largest absolute Gasteiger partial charge is 0.306 e. The predicted octanol–water partition coefficient (Wildman–Crippen LogP) is 2.37. The van der Waals surface area contributed by atoms with E-state index in [1.165, 1.54) is 16.1 Å². The van der Waals surface area contributed by atoms with Gasteiger partial charge in [0, 0.05) is 18.5 Å². The molecule has 0 N–H and O–H groups in total. The van der Waals surface area contributed by atoms with Crippen molar-refractivity contribution in [2.24, 2.45) is 5.92 Å². The molecule has 1 aliphatic rings. The molecule has 0 atom stereocenters. The maximum Gasteiger partial charge on any atom is 0.243 e. The molecule has 1 saturated heterocycles. The molecule has 21 heavy (non-hydrogen) atoms. The van der Waals surface area contributed by atoms with E-state index in [4.69, 9.17) is 0 Å². The molecule has 0 spiro atoms. The number of piperidine rings is 1. The van der Waals surface area contributed by atoms with Crippen LogP contribution in [0, 0.1) is 5.92 Å². The molecular formula is C15H24N2O2S2. The van der Waals surface area contributed by atoms with Gasteiger partial charge in [-0.15, -0.1) is 11.8 Å². The van der Waals surface area contributed by atoms with Crippen molar-refractivity contribution in [3.63, 3.8) is 0 Å². The van der Waals surface area contributed by atoms with Crippen LogP contribution in [0.3, 0.4) is 0 Å². The first-order valence-electron chi connectivity index (χ1n) is 7.23. The maximum atomic E-state index is 12.8. The molecule has 0 aromatic heterocycles. The van der Waals surface area contributed by atoms with E-state index < -0.39 is 10.0 Å². The number of hydrogen-bond donors (Lipinski definition) is 0. The lowest BCUT2D eigenvalue weighted by Crippen LogP contribution is -2.38. The summed E-state index contributed by atoms with van der Waals surface area (Å²) < 4.78 is 27.0. The number of hydrogen-bond acceptors (Lipinski definition) is 4. The Morgan fingerprint density at radius 2 is 1.90 bits per heavy atom. The predicted molar refractivity (Wildman–Crippen MR) is 88.3 cm³/mol. The van der Waals surface area contributed by atoms with Gasteiger partial charge in [-0.2, -0.15) is 0 Å². The highest BCUT2D eigenvalue weighted by atomic mass is 32.2. The average Bonchev–Trinajstić information content (AvgIpc) is 2.49. The van der Waals surface area contributed by atoms with Crippen molar-refractivity contribution in [2.75, 3.05) is 40.0 Å². The summed E-state index contributed by atoms with van der Waals surface area (Å²) in [6.07, 6.45) is 4.05. The first kappa shape index (κ1) is 16.8. The summed E-state index contributed by atoms with van der Waals surface area (Å²) in [5.74, 6) is 0.461. The number of sulfonamides is 1. The van der Waals surface area contributed by atoms with Crippen LogP contribution in [-0.4, -0.2) is 57.6 Å². The minimum Gasteiger partial charge on any atom is -0.306 e. The van der Waals surface area contributed by atoms with E-state index in [1.54, 1.807) is 19.2 Å². The van der Waals surface area contributed by atoms with Gasteiger partial charge in [0.15, 0.2) is 0 Å². The normalized spacial score (nSPS) is 18.3. The molecular weight excluding hydrogens is 304 g/mol. The third-order valence-corrected chi connectivity index (χ3v) is 6.92. The summed E-state index contributed by atoms with van der Waals surface area (Å²) in [4.78, 5) is 3.54. The molecule has 118 valence electrons. The van der Waals surface area contributed by atoms with Crippen LogP contribution in [0.1, 0.15) is 12.8 Å². The Morgan fingerprint density at radius 3 is 2.52 bits per heavy atom. The molecule has 0 amide bonds. The van der Waals surface area contributed by atoms with Crippen LogP contribution in [0.15, 0.2) is 34.1 Å². The van der Waals surface area contributed by atoms with Gasteiger partial charge in [-0.05, 0) is 57.3 Å². The summed E-state index contributed by atoms with van der Waals surface area (Å²) >= 11 is 1.47. The Hall–Kier alpha value is -0.560. The van der Waals surface area contributed by atoms with Gasteiger partial charge in [0.1, 0.15) is 0 Å². The quantitative estimate of drug-likeness (QED) is 0.778. The van der Waals surface area contributed by atoms with Gasteiger partial charge in [0.05, 0.1) is 4.90 Å². The summed E-state index contributed by atoms with van der Waals surface area (Å²) in [5.41, 5.74) is 0. The van der Waals surface area contributed by atoms with Crippen molar-refractivity contribution in [3.05, 3.63) is 24.3 Å². The minimum atomic E-state index is -3.40. The molecule has 1 aliphatic heterocycles. The van der Waals surface area contributed by atoms with E-state index in [0.29, 0.717) is 17.4 Å². The highest BCUT2D eigenvalue weighted by molar-refractivity contribution is 7.99. The van der Waals surface area contributed by atoms with E-state index in [1.807, 2.05) is 18.4 Å². The molecule has 1 heterocycles. The van der Waals surface area contributed by atoms with Gasteiger partial charge < -0.3 is 4.90 Å². The maximum absolute atomic E-state index is 12.8. The Morgan fingerprint density at radius 1 is 1.29 bits per heavy atom. The van der Waals surface area contributed by atoms with Gasteiger partial charge in [-0.3, -0.25) is 0 Å². The van der Waals surface area contributed by atoms with Gasteiger partial charge in [0.25, 0.3) is 0 Å². The van der Waals surface area contributed by atoms with E-state index in [-0.39, 0.29) is 0 Å². The number of nitrogens with zero attached hydrogens (tertiary/aromatic N) is 2. The number of rotatable bonds is 5. The molecule has 0 bridgehead atoms. The number of likely N-dealkylation sites (tertiary alicyclic amines) is 1. The first-order chi connectivity index (χ1) is 9.95. The average molecular weight is 329 g/mol. The van der Waals surface area contributed by atoms with Crippen molar-refractivity contribution in [2.45, 2.75) is 22.6 Å². The molecule has 0 unspecified atom stereocenters. The lowest BCUT2D eigenvalue weighted by atomic mass is 9.97. The highest BCUT2D eigenvalue weighted by Crippen LogP contribution is 2.27.